The molecule has 0 aromatic carbocycles. The molecule has 0 saturated carbocycles. The fourth-order valence-electron chi connectivity index (χ4n) is 2.28. The molecular formula is C12H14ClN3O5. The maximum Gasteiger partial charge on any atom is 0.282 e. The van der Waals surface area contributed by atoms with Gasteiger partial charge in [0, 0.05) is 50.0 Å². The van der Waals surface area contributed by atoms with Crippen molar-refractivity contribution in [2.24, 2.45) is 0 Å². The Balaban J connectivity index is 0.000000298. The summed E-state index contributed by atoms with van der Waals surface area (Å²) in [5.74, 6) is 0.0485. The van der Waals surface area contributed by atoms with Gasteiger partial charge in [-0.2, -0.15) is 0 Å². The SMILES string of the molecule is O=C1C=C(N2CC2)C(=O)C(N2CC2)=C1N1CC1.[O-][Cl+2]([O-])O. The fraction of sp³-hybridized carbons (Fsp3) is 0.500. The van der Waals surface area contributed by atoms with Gasteiger partial charge in [-0.05, 0) is 0 Å². The van der Waals surface area contributed by atoms with E-state index in [0.717, 1.165) is 39.3 Å². The lowest BCUT2D eigenvalue weighted by atomic mass is 10.0. The number of hydrogen-bond acceptors (Lipinski definition) is 8. The van der Waals surface area contributed by atoms with Gasteiger partial charge in [0.15, 0.2) is 0 Å². The number of allylic oxidation sites excluding steroid dienone is 1. The third-order valence-electron chi connectivity index (χ3n) is 3.49. The van der Waals surface area contributed by atoms with Crippen LogP contribution in [0.3, 0.4) is 0 Å². The van der Waals surface area contributed by atoms with Crippen molar-refractivity contribution in [1.29, 1.82) is 0 Å². The summed E-state index contributed by atoms with van der Waals surface area (Å²) in [4.78, 5) is 30.5. The molecule has 0 spiro atoms. The first-order valence-electron chi connectivity index (χ1n) is 6.53. The number of Topliss-reactive ketones (excluding diaryl/α,β-unsaturated/α-hetero) is 1. The van der Waals surface area contributed by atoms with E-state index in [1.54, 1.807) is 0 Å². The second-order valence-corrected chi connectivity index (χ2v) is 5.48. The van der Waals surface area contributed by atoms with Crippen LogP contribution in [0.15, 0.2) is 23.2 Å². The van der Waals surface area contributed by atoms with E-state index in [9.17, 15) is 9.59 Å². The van der Waals surface area contributed by atoms with E-state index in [-0.39, 0.29) is 11.6 Å². The lowest BCUT2D eigenvalue weighted by molar-refractivity contribution is -1.63. The maximum atomic E-state index is 12.4. The predicted molar refractivity (Wildman–Crippen MR) is 62.1 cm³/mol. The zero-order valence-electron chi connectivity index (χ0n) is 11.1. The Hall–Kier alpha value is -1.61. The number of carbonyl (C=O) groups is 2. The van der Waals surface area contributed by atoms with Gasteiger partial charge in [0.25, 0.3) is 10.8 Å². The Morgan fingerprint density at radius 1 is 0.905 bits per heavy atom. The molecule has 0 amide bonds. The highest BCUT2D eigenvalue weighted by atomic mass is 35.6. The Morgan fingerprint density at radius 2 is 1.33 bits per heavy atom. The minimum absolute atomic E-state index is 0.00546. The highest BCUT2D eigenvalue weighted by Gasteiger charge is 2.43. The summed E-state index contributed by atoms with van der Waals surface area (Å²) < 4.78 is 24.0. The molecule has 3 aliphatic heterocycles. The summed E-state index contributed by atoms with van der Waals surface area (Å²) in [6.45, 7) is 5.41. The molecule has 21 heavy (non-hydrogen) atoms. The number of ketones is 2. The van der Waals surface area contributed by atoms with Crippen molar-refractivity contribution < 1.29 is 34.4 Å². The van der Waals surface area contributed by atoms with Crippen LogP contribution in [0.2, 0.25) is 0 Å². The molecule has 4 aliphatic rings. The monoisotopic (exact) mass is 315 g/mol. The Kier molecular flexibility index (Phi) is 3.62. The number of rotatable bonds is 3. The minimum atomic E-state index is -2.60. The number of hydrogen-bond donors (Lipinski definition) is 1. The average molecular weight is 316 g/mol. The van der Waals surface area contributed by atoms with Gasteiger partial charge in [-0.25, -0.2) is 0 Å². The zero-order chi connectivity index (χ0) is 15.1. The van der Waals surface area contributed by atoms with Crippen LogP contribution >= 0.6 is 0 Å². The van der Waals surface area contributed by atoms with Crippen molar-refractivity contribution in [3.05, 3.63) is 23.2 Å². The molecule has 3 fully saturated rings. The van der Waals surface area contributed by atoms with Crippen LogP contribution in [0.1, 0.15) is 0 Å². The van der Waals surface area contributed by atoms with E-state index in [1.165, 1.54) is 6.08 Å². The van der Waals surface area contributed by atoms with Crippen LogP contribution in [-0.2, 0) is 9.59 Å². The maximum absolute atomic E-state index is 12.4. The summed E-state index contributed by atoms with van der Waals surface area (Å²) in [5.41, 5.74) is 1.89. The molecule has 0 bridgehead atoms. The quantitative estimate of drug-likeness (QED) is 0.418. The molecule has 4 rings (SSSR count). The molecule has 1 aliphatic carbocycles. The van der Waals surface area contributed by atoms with Crippen molar-refractivity contribution in [2.45, 2.75) is 0 Å². The van der Waals surface area contributed by atoms with E-state index >= 15 is 0 Å². The van der Waals surface area contributed by atoms with Crippen molar-refractivity contribution in [2.75, 3.05) is 39.3 Å². The van der Waals surface area contributed by atoms with Gasteiger partial charge >= 0.3 is 0 Å². The second kappa shape index (κ2) is 5.30. The summed E-state index contributed by atoms with van der Waals surface area (Å²) in [7, 11) is -2.60. The topological polar surface area (TPSA) is 110 Å². The smallest absolute Gasteiger partial charge is 0.282 e. The highest BCUT2D eigenvalue weighted by molar-refractivity contribution is 6.22. The Bertz CT molecular complexity index is 544. The fourth-order valence-corrected chi connectivity index (χ4v) is 2.28. The van der Waals surface area contributed by atoms with Gasteiger partial charge in [-0.1, -0.05) is 0 Å². The van der Waals surface area contributed by atoms with Gasteiger partial charge in [-0.3, -0.25) is 9.59 Å². The normalized spacial score (nSPS) is 23.2. The van der Waals surface area contributed by atoms with E-state index in [4.69, 9.17) is 14.0 Å². The third kappa shape index (κ3) is 3.18. The van der Waals surface area contributed by atoms with Gasteiger partial charge in [0.1, 0.15) is 11.4 Å². The van der Waals surface area contributed by atoms with Crippen LogP contribution in [-0.4, -0.2) is 70.2 Å². The molecule has 0 unspecified atom stereocenters. The lowest BCUT2D eigenvalue weighted by Crippen LogP contribution is -2.30. The molecule has 0 aromatic rings. The summed E-state index contributed by atoms with van der Waals surface area (Å²) >= 11 is 0. The van der Waals surface area contributed by atoms with Crippen molar-refractivity contribution in [3.8, 4) is 0 Å². The van der Waals surface area contributed by atoms with Crippen molar-refractivity contribution >= 4 is 11.6 Å². The van der Waals surface area contributed by atoms with Crippen molar-refractivity contribution in [3.63, 3.8) is 0 Å². The molecule has 3 saturated heterocycles. The zero-order valence-corrected chi connectivity index (χ0v) is 11.9. The standard InChI is InChI=1S/C12H13N3O2.ClHO3/c16-9-7-8(13-1-2-13)12(17)11(15-5-6-15)10(9)14-3-4-14;2-1(3)4/h7H,1-6H2;2H. The first-order valence-corrected chi connectivity index (χ1v) is 7.49. The number of carbonyl (C=O) groups excluding carboxylic acids is 2. The summed E-state index contributed by atoms with van der Waals surface area (Å²) in [5, 5.41) is 0. The second-order valence-electron chi connectivity index (χ2n) is 5.08. The number of halogens is 1. The molecule has 0 aromatic heterocycles. The van der Waals surface area contributed by atoms with Crippen molar-refractivity contribution in [1.82, 2.24) is 14.7 Å². The first kappa shape index (κ1) is 14.3. The molecule has 114 valence electrons. The van der Waals surface area contributed by atoms with Crippen LogP contribution in [0.5, 0.6) is 0 Å². The van der Waals surface area contributed by atoms with E-state index < -0.39 is 10.8 Å². The van der Waals surface area contributed by atoms with Crippen LogP contribution in [0.25, 0.3) is 0 Å². The largest absolute Gasteiger partial charge is 0.365 e. The van der Waals surface area contributed by atoms with Gasteiger partial charge in [0.2, 0.25) is 11.6 Å². The molecule has 0 atom stereocenters. The summed E-state index contributed by atoms with van der Waals surface area (Å²) in [6, 6.07) is 0. The minimum Gasteiger partial charge on any atom is -0.365 e. The van der Waals surface area contributed by atoms with E-state index in [0.29, 0.717) is 17.1 Å². The average Bonchev–Trinajstić information content (AvgIpc) is 3.26. The Labute approximate surface area is 123 Å². The molecule has 9 heteroatoms. The number of nitrogens with zero attached hydrogens (tertiary/aromatic N) is 3. The Morgan fingerprint density at radius 3 is 1.76 bits per heavy atom. The van der Waals surface area contributed by atoms with Gasteiger partial charge in [0.05, 0.1) is 5.70 Å². The third-order valence-corrected chi connectivity index (χ3v) is 3.49. The van der Waals surface area contributed by atoms with Gasteiger partial charge in [-0.15, -0.1) is 0 Å². The molecule has 1 N–H and O–H groups in total. The van der Waals surface area contributed by atoms with Crippen LogP contribution in [0, 0.1) is 10.8 Å². The summed E-state index contributed by atoms with van der Waals surface area (Å²) in [6.07, 6.45) is 1.52. The predicted octanol–water partition coefficient (Wildman–Crippen LogP) is -3.75. The molecule has 0 radical (unpaired) electrons. The highest BCUT2D eigenvalue weighted by Crippen LogP contribution is 2.33. The van der Waals surface area contributed by atoms with Crippen LogP contribution in [0.4, 0.5) is 0 Å². The van der Waals surface area contributed by atoms with Gasteiger partial charge < -0.3 is 24.0 Å². The molecule has 8 nitrogen and oxygen atoms in total. The molecule has 3 heterocycles. The van der Waals surface area contributed by atoms with Crippen LogP contribution < -0.4 is 9.32 Å². The lowest BCUT2D eigenvalue weighted by Gasteiger charge is -2.21. The first-order chi connectivity index (χ1) is 9.99. The van der Waals surface area contributed by atoms with E-state index in [2.05, 4.69) is 0 Å². The molecular weight excluding hydrogens is 302 g/mol. The van der Waals surface area contributed by atoms with E-state index in [1.807, 2.05) is 14.7 Å².